The van der Waals surface area contributed by atoms with Gasteiger partial charge < -0.3 is 0 Å². The largest absolute Gasteiger partial charge is 0.293 e. The first-order chi connectivity index (χ1) is 10.3. The molecular weight excluding hydrogens is 348 g/mol. The summed E-state index contributed by atoms with van der Waals surface area (Å²) in [6.07, 6.45) is 9.36. The molecule has 0 spiro atoms. The molecule has 0 bridgehead atoms. The molecule has 1 saturated carbocycles. The molecule has 0 amide bonds. The van der Waals surface area contributed by atoms with E-state index in [4.69, 9.17) is 4.98 Å². The van der Waals surface area contributed by atoms with E-state index in [1.807, 2.05) is 17.5 Å². The molecule has 4 nitrogen and oxygen atoms in total. The summed E-state index contributed by atoms with van der Waals surface area (Å²) in [5.41, 5.74) is 1.25. The second kappa shape index (κ2) is 5.82. The van der Waals surface area contributed by atoms with E-state index in [0.29, 0.717) is 6.04 Å². The van der Waals surface area contributed by atoms with Crippen molar-refractivity contribution in [1.29, 1.82) is 0 Å². The Morgan fingerprint density at radius 3 is 2.81 bits per heavy atom. The molecule has 1 aliphatic carbocycles. The Balaban J connectivity index is 1.31. The number of likely N-dealkylation sites (tertiary alicyclic amines) is 1. The predicted octanol–water partition coefficient (Wildman–Crippen LogP) is 3.82. The minimum atomic E-state index is 0.518. The van der Waals surface area contributed by atoms with Gasteiger partial charge in [0.05, 0.1) is 27.4 Å². The van der Waals surface area contributed by atoms with Crippen molar-refractivity contribution in [2.24, 2.45) is 0 Å². The molecule has 0 radical (unpaired) electrons. The van der Waals surface area contributed by atoms with Crippen LogP contribution in [0.15, 0.2) is 22.2 Å². The van der Waals surface area contributed by atoms with Crippen molar-refractivity contribution < 1.29 is 0 Å². The van der Waals surface area contributed by atoms with E-state index >= 15 is 0 Å². The lowest BCUT2D eigenvalue weighted by Gasteiger charge is -2.38. The van der Waals surface area contributed by atoms with Gasteiger partial charge in [-0.2, -0.15) is 5.10 Å². The molecule has 21 heavy (non-hydrogen) atoms. The van der Waals surface area contributed by atoms with Gasteiger partial charge in [0.1, 0.15) is 0 Å². The third-order valence-electron chi connectivity index (χ3n) is 4.54. The molecule has 2 aromatic heterocycles. The smallest absolute Gasteiger partial charge is 0.0959 e. The molecule has 3 heterocycles. The standard InChI is InChI=1S/C15H19BrN4S/c16-12-5-17-20(6-12)14-8-19(9-14)7-13-10-21-15(18-13)11-3-1-2-4-11/h5-6,10-11,14H,1-4,7-9H2. The Labute approximate surface area is 137 Å². The van der Waals surface area contributed by atoms with Crippen LogP contribution in [0.4, 0.5) is 0 Å². The molecule has 2 aromatic rings. The molecular formula is C15H19BrN4S. The molecule has 4 rings (SSSR count). The summed E-state index contributed by atoms with van der Waals surface area (Å²) in [7, 11) is 0. The minimum Gasteiger partial charge on any atom is -0.293 e. The summed E-state index contributed by atoms with van der Waals surface area (Å²) in [6, 6.07) is 0.518. The first-order valence-electron chi connectivity index (χ1n) is 7.64. The monoisotopic (exact) mass is 366 g/mol. The highest BCUT2D eigenvalue weighted by molar-refractivity contribution is 9.10. The lowest BCUT2D eigenvalue weighted by Crippen LogP contribution is -2.47. The van der Waals surface area contributed by atoms with Crippen LogP contribution < -0.4 is 0 Å². The fraction of sp³-hybridized carbons (Fsp3) is 0.600. The Morgan fingerprint density at radius 2 is 2.10 bits per heavy atom. The number of hydrogen-bond donors (Lipinski definition) is 0. The molecule has 2 aliphatic rings. The van der Waals surface area contributed by atoms with Gasteiger partial charge in [0, 0.05) is 37.1 Å². The average Bonchev–Trinajstić information content (AvgIpc) is 3.14. The lowest BCUT2D eigenvalue weighted by atomic mass is 10.1. The van der Waals surface area contributed by atoms with Gasteiger partial charge in [-0.3, -0.25) is 9.58 Å². The molecule has 2 fully saturated rings. The van der Waals surface area contributed by atoms with Crippen LogP contribution in [0.5, 0.6) is 0 Å². The van der Waals surface area contributed by atoms with Gasteiger partial charge in [0.2, 0.25) is 0 Å². The fourth-order valence-electron chi connectivity index (χ4n) is 3.34. The summed E-state index contributed by atoms with van der Waals surface area (Å²) >= 11 is 5.31. The van der Waals surface area contributed by atoms with Crippen molar-refractivity contribution >= 4 is 27.3 Å². The van der Waals surface area contributed by atoms with Crippen LogP contribution in [0.1, 0.15) is 48.3 Å². The van der Waals surface area contributed by atoms with Gasteiger partial charge in [0.15, 0.2) is 0 Å². The van der Waals surface area contributed by atoms with E-state index in [1.165, 1.54) is 36.4 Å². The topological polar surface area (TPSA) is 34.0 Å². The first kappa shape index (κ1) is 13.9. The summed E-state index contributed by atoms with van der Waals surface area (Å²) in [5.74, 6) is 0.745. The zero-order valence-corrected chi connectivity index (χ0v) is 14.3. The van der Waals surface area contributed by atoms with Crippen molar-refractivity contribution in [3.8, 4) is 0 Å². The third-order valence-corrected chi connectivity index (χ3v) is 6.01. The molecule has 0 atom stereocenters. The van der Waals surface area contributed by atoms with Gasteiger partial charge in [-0.05, 0) is 28.8 Å². The van der Waals surface area contributed by atoms with Crippen LogP contribution in [-0.2, 0) is 6.54 Å². The Hall–Kier alpha value is -0.720. The second-order valence-corrected chi connectivity index (χ2v) is 7.95. The maximum absolute atomic E-state index is 4.86. The summed E-state index contributed by atoms with van der Waals surface area (Å²) in [5, 5.41) is 7.99. The molecule has 0 N–H and O–H groups in total. The number of rotatable bonds is 4. The number of hydrogen-bond acceptors (Lipinski definition) is 4. The molecule has 1 saturated heterocycles. The average molecular weight is 367 g/mol. The molecule has 112 valence electrons. The second-order valence-electron chi connectivity index (χ2n) is 6.14. The van der Waals surface area contributed by atoms with Crippen molar-refractivity contribution in [2.75, 3.05) is 13.1 Å². The first-order valence-corrected chi connectivity index (χ1v) is 9.31. The fourth-order valence-corrected chi connectivity index (χ4v) is 4.62. The van der Waals surface area contributed by atoms with E-state index in [9.17, 15) is 0 Å². The highest BCUT2D eigenvalue weighted by atomic mass is 79.9. The van der Waals surface area contributed by atoms with Crippen molar-refractivity contribution in [3.05, 3.63) is 32.9 Å². The zero-order chi connectivity index (χ0) is 14.2. The van der Waals surface area contributed by atoms with Gasteiger partial charge in [-0.25, -0.2) is 4.98 Å². The van der Waals surface area contributed by atoms with Gasteiger partial charge in [0.25, 0.3) is 0 Å². The lowest BCUT2D eigenvalue weighted by molar-refractivity contribution is 0.0897. The van der Waals surface area contributed by atoms with E-state index < -0.39 is 0 Å². The van der Waals surface area contributed by atoms with Crippen molar-refractivity contribution in [2.45, 2.75) is 44.2 Å². The number of nitrogens with zero attached hydrogens (tertiary/aromatic N) is 4. The van der Waals surface area contributed by atoms with Crippen LogP contribution in [-0.4, -0.2) is 32.8 Å². The maximum Gasteiger partial charge on any atom is 0.0959 e. The van der Waals surface area contributed by atoms with Crippen LogP contribution in [0.3, 0.4) is 0 Å². The van der Waals surface area contributed by atoms with E-state index in [-0.39, 0.29) is 0 Å². The Bertz CT molecular complexity index is 611. The Kier molecular flexibility index (Phi) is 3.85. The summed E-state index contributed by atoms with van der Waals surface area (Å²) in [6.45, 7) is 3.14. The van der Waals surface area contributed by atoms with Crippen LogP contribution in [0.2, 0.25) is 0 Å². The van der Waals surface area contributed by atoms with Gasteiger partial charge in [-0.15, -0.1) is 11.3 Å². The maximum atomic E-state index is 4.86. The zero-order valence-electron chi connectivity index (χ0n) is 11.9. The highest BCUT2D eigenvalue weighted by Gasteiger charge is 2.29. The third kappa shape index (κ3) is 2.94. The quantitative estimate of drug-likeness (QED) is 0.824. The van der Waals surface area contributed by atoms with Gasteiger partial charge >= 0.3 is 0 Å². The molecule has 6 heteroatoms. The number of halogens is 1. The minimum absolute atomic E-state index is 0.518. The normalized spacial score (nSPS) is 21.0. The SMILES string of the molecule is Brc1cnn(C2CN(Cc3csc(C4CCCC4)n3)C2)c1. The van der Waals surface area contributed by atoms with E-state index in [0.717, 1.165) is 30.0 Å². The number of aromatic nitrogens is 3. The molecule has 1 aliphatic heterocycles. The van der Waals surface area contributed by atoms with Crippen molar-refractivity contribution in [3.63, 3.8) is 0 Å². The van der Waals surface area contributed by atoms with Crippen LogP contribution in [0.25, 0.3) is 0 Å². The predicted molar refractivity (Wildman–Crippen MR) is 87.6 cm³/mol. The van der Waals surface area contributed by atoms with Crippen molar-refractivity contribution in [1.82, 2.24) is 19.7 Å². The molecule has 0 aromatic carbocycles. The van der Waals surface area contributed by atoms with E-state index in [2.05, 4.69) is 42.2 Å². The summed E-state index contributed by atoms with van der Waals surface area (Å²) in [4.78, 5) is 7.32. The number of thiazole rings is 1. The highest BCUT2D eigenvalue weighted by Crippen LogP contribution is 2.36. The summed E-state index contributed by atoms with van der Waals surface area (Å²) < 4.78 is 3.12. The van der Waals surface area contributed by atoms with Crippen LogP contribution >= 0.6 is 27.3 Å². The van der Waals surface area contributed by atoms with E-state index in [1.54, 1.807) is 0 Å². The van der Waals surface area contributed by atoms with Gasteiger partial charge in [-0.1, -0.05) is 12.8 Å². The molecule has 0 unspecified atom stereocenters. The Morgan fingerprint density at radius 1 is 1.29 bits per heavy atom. The van der Waals surface area contributed by atoms with Crippen LogP contribution in [0, 0.1) is 0 Å².